The van der Waals surface area contributed by atoms with Gasteiger partial charge in [0.2, 0.25) is 0 Å². The number of rotatable bonds is 5. The van der Waals surface area contributed by atoms with Crippen molar-refractivity contribution < 1.29 is 9.53 Å². The van der Waals surface area contributed by atoms with E-state index in [1.807, 2.05) is 32.9 Å². The summed E-state index contributed by atoms with van der Waals surface area (Å²) < 4.78 is 6.22. The number of benzene rings is 1. The Hall–Kier alpha value is -0.830. The van der Waals surface area contributed by atoms with Crippen LogP contribution in [0.5, 0.6) is 5.75 Å². The monoisotopic (exact) mass is 284 g/mol. The molecule has 3 heteroatoms. The zero-order valence-electron chi connectivity index (χ0n) is 9.92. The first-order valence-corrected chi connectivity index (χ1v) is 6.29. The van der Waals surface area contributed by atoms with Crippen LogP contribution in [-0.2, 0) is 0 Å². The molecule has 0 saturated heterocycles. The van der Waals surface area contributed by atoms with Crippen molar-refractivity contribution in [2.75, 3.05) is 6.61 Å². The summed E-state index contributed by atoms with van der Waals surface area (Å²) in [6, 6.07) is 5.52. The van der Waals surface area contributed by atoms with E-state index in [2.05, 4.69) is 15.9 Å². The Balaban J connectivity index is 2.93. The van der Waals surface area contributed by atoms with Gasteiger partial charge in [-0.2, -0.15) is 0 Å². The fourth-order valence-corrected chi connectivity index (χ4v) is 1.92. The summed E-state index contributed by atoms with van der Waals surface area (Å²) in [5.74, 6) is 1.27. The minimum Gasteiger partial charge on any atom is -0.494 e. The van der Waals surface area contributed by atoms with Gasteiger partial charge in [-0.15, -0.1) is 0 Å². The highest BCUT2D eigenvalue weighted by atomic mass is 79.9. The number of ketones is 1. The van der Waals surface area contributed by atoms with Gasteiger partial charge in [0.15, 0.2) is 5.78 Å². The second kappa shape index (κ2) is 6.04. The molecule has 0 radical (unpaired) electrons. The van der Waals surface area contributed by atoms with Crippen molar-refractivity contribution in [1.82, 2.24) is 0 Å². The third-order valence-corrected chi connectivity index (χ3v) is 2.83. The van der Waals surface area contributed by atoms with Gasteiger partial charge in [-0.3, -0.25) is 4.79 Å². The predicted octanol–water partition coefficient (Wildman–Crippen LogP) is 4.08. The number of hydrogen-bond acceptors (Lipinski definition) is 2. The van der Waals surface area contributed by atoms with Gasteiger partial charge in [0.1, 0.15) is 5.75 Å². The maximum Gasteiger partial charge on any atom is 0.164 e. The second-order valence-corrected chi connectivity index (χ2v) is 4.95. The molecule has 0 bridgehead atoms. The molecule has 1 rings (SSSR count). The van der Waals surface area contributed by atoms with Gasteiger partial charge in [0.05, 0.1) is 6.61 Å². The van der Waals surface area contributed by atoms with Gasteiger partial charge < -0.3 is 4.74 Å². The number of ether oxygens (including phenoxy) is 1. The molecule has 0 spiro atoms. The summed E-state index contributed by atoms with van der Waals surface area (Å²) in [5, 5.41) is 0. The molecule has 88 valence electrons. The van der Waals surface area contributed by atoms with Crippen LogP contribution in [0.4, 0.5) is 0 Å². The van der Waals surface area contributed by atoms with Crippen molar-refractivity contribution in [3.05, 3.63) is 28.2 Å². The zero-order chi connectivity index (χ0) is 12.1. The molecule has 0 amide bonds. The Morgan fingerprint density at radius 2 is 2.12 bits per heavy atom. The van der Waals surface area contributed by atoms with E-state index in [1.54, 1.807) is 6.07 Å². The highest BCUT2D eigenvalue weighted by Crippen LogP contribution is 2.24. The molecule has 0 saturated carbocycles. The van der Waals surface area contributed by atoms with Gasteiger partial charge in [-0.05, 0) is 31.0 Å². The van der Waals surface area contributed by atoms with E-state index in [0.717, 1.165) is 10.2 Å². The normalized spacial score (nSPS) is 10.6. The molecular formula is C13H17BrO2. The van der Waals surface area contributed by atoms with Gasteiger partial charge in [-0.1, -0.05) is 29.8 Å². The number of halogens is 1. The van der Waals surface area contributed by atoms with Crippen molar-refractivity contribution in [1.29, 1.82) is 0 Å². The predicted molar refractivity (Wildman–Crippen MR) is 69.1 cm³/mol. The van der Waals surface area contributed by atoms with Crippen LogP contribution in [0, 0.1) is 5.92 Å². The topological polar surface area (TPSA) is 26.3 Å². The molecular weight excluding hydrogens is 268 g/mol. The summed E-state index contributed by atoms with van der Waals surface area (Å²) in [6.45, 7) is 6.62. The minimum atomic E-state index is 0.156. The third kappa shape index (κ3) is 3.63. The molecule has 0 atom stereocenters. The molecule has 0 unspecified atom stereocenters. The highest BCUT2D eigenvalue weighted by molar-refractivity contribution is 9.10. The average Bonchev–Trinajstić information content (AvgIpc) is 2.20. The van der Waals surface area contributed by atoms with Crippen molar-refractivity contribution in [3.63, 3.8) is 0 Å². The Labute approximate surface area is 105 Å². The Bertz CT molecular complexity index is 372. The Kier molecular flexibility index (Phi) is 5.00. The lowest BCUT2D eigenvalue weighted by molar-refractivity contribution is 0.0966. The summed E-state index contributed by atoms with van der Waals surface area (Å²) in [4.78, 5) is 11.9. The van der Waals surface area contributed by atoms with E-state index in [1.165, 1.54) is 0 Å². The molecule has 0 aliphatic carbocycles. The van der Waals surface area contributed by atoms with Crippen LogP contribution in [0.3, 0.4) is 0 Å². The summed E-state index contributed by atoms with van der Waals surface area (Å²) in [6.07, 6.45) is 0.564. The molecule has 16 heavy (non-hydrogen) atoms. The number of hydrogen-bond donors (Lipinski definition) is 0. The molecule has 1 aromatic carbocycles. The van der Waals surface area contributed by atoms with E-state index >= 15 is 0 Å². The van der Waals surface area contributed by atoms with Gasteiger partial charge in [0.25, 0.3) is 0 Å². The number of carbonyl (C=O) groups excluding carboxylic acids is 1. The quantitative estimate of drug-likeness (QED) is 0.762. The van der Waals surface area contributed by atoms with E-state index in [-0.39, 0.29) is 5.78 Å². The van der Waals surface area contributed by atoms with Crippen molar-refractivity contribution >= 4 is 21.7 Å². The first kappa shape index (κ1) is 13.2. The molecule has 0 aliphatic rings. The summed E-state index contributed by atoms with van der Waals surface area (Å²) in [5.41, 5.74) is 0.708. The maximum absolute atomic E-state index is 11.9. The van der Waals surface area contributed by atoms with Crippen molar-refractivity contribution in [2.45, 2.75) is 27.2 Å². The van der Waals surface area contributed by atoms with Crippen molar-refractivity contribution in [2.24, 2.45) is 5.92 Å². The lowest BCUT2D eigenvalue weighted by Crippen LogP contribution is -2.05. The smallest absolute Gasteiger partial charge is 0.164 e. The van der Waals surface area contributed by atoms with Gasteiger partial charge in [0, 0.05) is 16.5 Å². The van der Waals surface area contributed by atoms with Gasteiger partial charge in [-0.25, -0.2) is 0 Å². The number of Topliss-reactive ketones (excluding diaryl/α,β-unsaturated/α-hetero) is 1. The second-order valence-electron chi connectivity index (χ2n) is 4.10. The van der Waals surface area contributed by atoms with E-state index in [9.17, 15) is 4.79 Å². The minimum absolute atomic E-state index is 0.156. The average molecular weight is 285 g/mol. The van der Waals surface area contributed by atoms with Crippen LogP contribution in [0.25, 0.3) is 0 Å². The fourth-order valence-electron chi connectivity index (χ4n) is 1.46. The molecule has 2 nitrogen and oxygen atoms in total. The maximum atomic E-state index is 11.9. The van der Waals surface area contributed by atoms with Crippen LogP contribution < -0.4 is 4.74 Å². The van der Waals surface area contributed by atoms with Crippen LogP contribution in [0.1, 0.15) is 37.6 Å². The first-order valence-electron chi connectivity index (χ1n) is 5.50. The fraction of sp³-hybridized carbons (Fsp3) is 0.462. The molecule has 0 N–H and O–H groups in total. The standard InChI is InChI=1S/C13H17BrO2/c1-4-16-10-5-6-12(14)11(8-10)13(15)7-9(2)3/h5-6,8-9H,4,7H2,1-3H3. The first-order chi connectivity index (χ1) is 7.54. The van der Waals surface area contributed by atoms with E-state index in [4.69, 9.17) is 4.74 Å². The molecule has 0 fully saturated rings. The van der Waals surface area contributed by atoms with E-state index < -0.39 is 0 Å². The molecule has 0 aliphatic heterocycles. The molecule has 0 aromatic heterocycles. The Morgan fingerprint density at radius 3 is 2.69 bits per heavy atom. The van der Waals surface area contributed by atoms with Crippen LogP contribution in [0.2, 0.25) is 0 Å². The lowest BCUT2D eigenvalue weighted by Gasteiger charge is -2.09. The highest BCUT2D eigenvalue weighted by Gasteiger charge is 2.12. The lowest BCUT2D eigenvalue weighted by atomic mass is 10.0. The SMILES string of the molecule is CCOc1ccc(Br)c(C(=O)CC(C)C)c1. The number of carbonyl (C=O) groups is 1. The van der Waals surface area contributed by atoms with Crippen LogP contribution in [-0.4, -0.2) is 12.4 Å². The molecule has 0 heterocycles. The summed E-state index contributed by atoms with van der Waals surface area (Å²) >= 11 is 3.40. The van der Waals surface area contributed by atoms with Crippen molar-refractivity contribution in [3.8, 4) is 5.75 Å². The van der Waals surface area contributed by atoms with Crippen LogP contribution >= 0.6 is 15.9 Å². The van der Waals surface area contributed by atoms with Gasteiger partial charge >= 0.3 is 0 Å². The Morgan fingerprint density at radius 1 is 1.44 bits per heavy atom. The summed E-state index contributed by atoms with van der Waals surface area (Å²) in [7, 11) is 0. The zero-order valence-corrected chi connectivity index (χ0v) is 11.5. The van der Waals surface area contributed by atoms with Crippen LogP contribution in [0.15, 0.2) is 22.7 Å². The van der Waals surface area contributed by atoms with E-state index in [0.29, 0.717) is 24.5 Å². The largest absolute Gasteiger partial charge is 0.494 e. The third-order valence-electron chi connectivity index (χ3n) is 2.14. The molecule has 1 aromatic rings.